The third-order valence-electron chi connectivity index (χ3n) is 6.56. The maximum Gasteiger partial charge on any atom is 0.273 e. The molecule has 7 heteroatoms. The average molecular weight is 461 g/mol. The molecule has 0 saturated carbocycles. The van der Waals surface area contributed by atoms with Crippen LogP contribution in [0, 0.1) is 0 Å². The van der Waals surface area contributed by atoms with Crippen molar-refractivity contribution in [3.8, 4) is 17.0 Å². The van der Waals surface area contributed by atoms with E-state index < -0.39 is 0 Å². The minimum Gasteiger partial charge on any atom is -0.494 e. The van der Waals surface area contributed by atoms with Gasteiger partial charge in [0.2, 0.25) is 0 Å². The fourth-order valence-corrected chi connectivity index (χ4v) is 4.85. The van der Waals surface area contributed by atoms with Crippen molar-refractivity contribution in [1.29, 1.82) is 0 Å². The van der Waals surface area contributed by atoms with E-state index in [1.807, 2.05) is 47.4 Å². The van der Waals surface area contributed by atoms with Crippen molar-refractivity contribution >= 4 is 5.91 Å². The van der Waals surface area contributed by atoms with E-state index in [1.165, 1.54) is 0 Å². The predicted octanol–water partition coefficient (Wildman–Crippen LogP) is 4.13. The van der Waals surface area contributed by atoms with Gasteiger partial charge in [-0.2, -0.15) is 5.10 Å². The smallest absolute Gasteiger partial charge is 0.273 e. The molecule has 1 atom stereocenters. The van der Waals surface area contributed by atoms with Gasteiger partial charge in [-0.15, -0.1) is 0 Å². The molecule has 1 unspecified atom stereocenters. The van der Waals surface area contributed by atoms with Crippen LogP contribution in [-0.4, -0.2) is 71.9 Å². The molecule has 2 aliphatic heterocycles. The number of rotatable bonds is 9. The lowest BCUT2D eigenvalue weighted by molar-refractivity contribution is 0.0354. The quantitative estimate of drug-likeness (QED) is 0.520. The summed E-state index contributed by atoms with van der Waals surface area (Å²) in [7, 11) is 0. The molecule has 0 aliphatic carbocycles. The first kappa shape index (κ1) is 22.6. The summed E-state index contributed by atoms with van der Waals surface area (Å²) in [6.45, 7) is 7.92. The summed E-state index contributed by atoms with van der Waals surface area (Å²) in [6, 6.07) is 18.1. The molecule has 1 N–H and O–H groups in total. The highest BCUT2D eigenvalue weighted by molar-refractivity contribution is 6.00. The maximum absolute atomic E-state index is 13.5. The predicted molar refractivity (Wildman–Crippen MR) is 131 cm³/mol. The van der Waals surface area contributed by atoms with Gasteiger partial charge in [0.1, 0.15) is 11.4 Å². The van der Waals surface area contributed by atoms with Crippen molar-refractivity contribution in [3.63, 3.8) is 0 Å². The van der Waals surface area contributed by atoms with Gasteiger partial charge in [0.15, 0.2) is 0 Å². The number of aromatic nitrogens is 2. The van der Waals surface area contributed by atoms with Gasteiger partial charge in [-0.05, 0) is 30.5 Å². The number of amides is 1. The standard InChI is InChI=1S/C27H32N4O3/c1-2-17-34-22-11-9-21(10-12-22)26-23-24(20-7-4-3-5-8-20)28-29-25(23)27(32)31(26)14-6-13-30-15-18-33-19-16-30/h3-5,7-12,26H,2,6,13-19H2,1H3,(H,28,29). The largest absolute Gasteiger partial charge is 0.494 e. The van der Waals surface area contributed by atoms with Crippen LogP contribution >= 0.6 is 0 Å². The van der Waals surface area contributed by atoms with Crippen molar-refractivity contribution in [2.24, 2.45) is 0 Å². The molecule has 2 aromatic carbocycles. The normalized spacial score (nSPS) is 18.3. The Balaban J connectivity index is 1.44. The molecule has 0 bridgehead atoms. The minimum absolute atomic E-state index is 0.0166. The number of benzene rings is 2. The van der Waals surface area contributed by atoms with E-state index in [1.54, 1.807) is 0 Å². The van der Waals surface area contributed by atoms with Gasteiger partial charge in [-0.25, -0.2) is 0 Å². The molecule has 3 aromatic rings. The Morgan fingerprint density at radius 3 is 2.56 bits per heavy atom. The third-order valence-corrected chi connectivity index (χ3v) is 6.56. The molecule has 1 fully saturated rings. The Kier molecular flexibility index (Phi) is 6.92. The summed E-state index contributed by atoms with van der Waals surface area (Å²) in [4.78, 5) is 17.9. The van der Waals surface area contributed by atoms with Crippen LogP contribution in [0.15, 0.2) is 54.6 Å². The zero-order valence-electron chi connectivity index (χ0n) is 19.7. The van der Waals surface area contributed by atoms with Gasteiger partial charge < -0.3 is 14.4 Å². The number of morpholine rings is 1. The number of carbonyl (C=O) groups is 1. The second kappa shape index (κ2) is 10.4. The zero-order valence-corrected chi connectivity index (χ0v) is 19.7. The summed E-state index contributed by atoms with van der Waals surface area (Å²) >= 11 is 0. The second-order valence-electron chi connectivity index (χ2n) is 8.85. The molecule has 1 saturated heterocycles. The number of H-pyrrole nitrogens is 1. The van der Waals surface area contributed by atoms with Gasteiger partial charge in [-0.3, -0.25) is 14.8 Å². The Labute approximate surface area is 200 Å². The van der Waals surface area contributed by atoms with Gasteiger partial charge in [0.25, 0.3) is 5.91 Å². The fourth-order valence-electron chi connectivity index (χ4n) is 4.85. The lowest BCUT2D eigenvalue weighted by Crippen LogP contribution is -2.38. The van der Waals surface area contributed by atoms with Crippen LogP contribution in [-0.2, 0) is 4.74 Å². The number of aromatic amines is 1. The molecule has 1 amide bonds. The van der Waals surface area contributed by atoms with E-state index in [9.17, 15) is 4.79 Å². The minimum atomic E-state index is -0.179. The van der Waals surface area contributed by atoms with Crippen molar-refractivity contribution in [2.75, 3.05) is 46.0 Å². The van der Waals surface area contributed by atoms with Crippen LogP contribution in [0.3, 0.4) is 0 Å². The summed E-state index contributed by atoms with van der Waals surface area (Å²) in [5, 5.41) is 7.61. The van der Waals surface area contributed by atoms with Gasteiger partial charge in [0, 0.05) is 37.3 Å². The molecular formula is C27H32N4O3. The molecule has 2 aliphatic rings. The first-order chi connectivity index (χ1) is 16.8. The van der Waals surface area contributed by atoms with Crippen molar-refractivity contribution < 1.29 is 14.3 Å². The van der Waals surface area contributed by atoms with E-state index in [4.69, 9.17) is 9.47 Å². The van der Waals surface area contributed by atoms with Crippen molar-refractivity contribution in [2.45, 2.75) is 25.8 Å². The molecule has 5 rings (SSSR count). The lowest BCUT2D eigenvalue weighted by atomic mass is 9.96. The Hall–Kier alpha value is -3.16. The number of fused-ring (bicyclic) bond motifs is 1. The summed E-state index contributed by atoms with van der Waals surface area (Å²) in [5.74, 6) is 0.868. The summed E-state index contributed by atoms with van der Waals surface area (Å²) < 4.78 is 11.3. The van der Waals surface area contributed by atoms with Crippen LogP contribution in [0.4, 0.5) is 0 Å². The highest BCUT2D eigenvalue weighted by Crippen LogP contribution is 2.43. The van der Waals surface area contributed by atoms with Crippen molar-refractivity contribution in [3.05, 3.63) is 71.4 Å². The fraction of sp³-hybridized carbons (Fsp3) is 0.407. The summed E-state index contributed by atoms with van der Waals surface area (Å²) in [6.07, 6.45) is 1.88. The Morgan fingerprint density at radius 2 is 1.82 bits per heavy atom. The van der Waals surface area contributed by atoms with Gasteiger partial charge in [0.05, 0.1) is 31.6 Å². The van der Waals surface area contributed by atoms with Gasteiger partial charge >= 0.3 is 0 Å². The molecule has 7 nitrogen and oxygen atoms in total. The number of carbonyl (C=O) groups excluding carboxylic acids is 1. The Morgan fingerprint density at radius 1 is 1.06 bits per heavy atom. The van der Waals surface area contributed by atoms with Crippen LogP contribution < -0.4 is 4.74 Å². The average Bonchev–Trinajstić information content (AvgIpc) is 3.43. The molecule has 0 spiro atoms. The van der Waals surface area contributed by atoms with Crippen LogP contribution in [0.2, 0.25) is 0 Å². The monoisotopic (exact) mass is 460 g/mol. The molecule has 0 radical (unpaired) electrons. The molecule has 1 aromatic heterocycles. The highest BCUT2D eigenvalue weighted by atomic mass is 16.5. The number of ether oxygens (including phenoxy) is 2. The first-order valence-corrected chi connectivity index (χ1v) is 12.2. The van der Waals surface area contributed by atoms with E-state index >= 15 is 0 Å². The topological polar surface area (TPSA) is 70.7 Å². The maximum atomic E-state index is 13.5. The van der Waals surface area contributed by atoms with Crippen molar-refractivity contribution in [1.82, 2.24) is 20.0 Å². The molecule has 3 heterocycles. The van der Waals surface area contributed by atoms with E-state index in [-0.39, 0.29) is 11.9 Å². The SMILES string of the molecule is CCCOc1ccc(C2c3c(-c4ccccc4)n[nH]c3C(=O)N2CCCN2CCOCC2)cc1. The van der Waals surface area contributed by atoms with Crippen LogP contribution in [0.1, 0.15) is 47.4 Å². The van der Waals surface area contributed by atoms with E-state index in [0.717, 1.165) is 73.8 Å². The second-order valence-corrected chi connectivity index (χ2v) is 8.85. The van der Waals surface area contributed by atoms with Crippen LogP contribution in [0.25, 0.3) is 11.3 Å². The van der Waals surface area contributed by atoms with E-state index in [0.29, 0.717) is 18.8 Å². The number of nitrogens with one attached hydrogen (secondary N) is 1. The van der Waals surface area contributed by atoms with E-state index in [2.05, 4.69) is 34.2 Å². The Bertz CT molecular complexity index is 1090. The third kappa shape index (κ3) is 4.58. The molecule has 178 valence electrons. The zero-order chi connectivity index (χ0) is 23.3. The molecule has 34 heavy (non-hydrogen) atoms. The summed E-state index contributed by atoms with van der Waals surface area (Å²) in [5.41, 5.74) is 4.49. The van der Waals surface area contributed by atoms with Crippen LogP contribution in [0.5, 0.6) is 5.75 Å². The number of hydrogen-bond donors (Lipinski definition) is 1. The molecular weight excluding hydrogens is 428 g/mol. The lowest BCUT2D eigenvalue weighted by Gasteiger charge is -2.29. The highest BCUT2D eigenvalue weighted by Gasteiger charge is 2.41. The number of nitrogens with zero attached hydrogens (tertiary/aromatic N) is 3. The van der Waals surface area contributed by atoms with Gasteiger partial charge in [-0.1, -0.05) is 49.4 Å². The number of hydrogen-bond acceptors (Lipinski definition) is 5. The first-order valence-electron chi connectivity index (χ1n) is 12.2.